The Labute approximate surface area is 167 Å². The van der Waals surface area contributed by atoms with E-state index in [9.17, 15) is 5.11 Å². The molecule has 28 heavy (non-hydrogen) atoms. The van der Waals surface area contributed by atoms with Gasteiger partial charge in [-0.05, 0) is 54.9 Å². The molecule has 150 valence electrons. The van der Waals surface area contributed by atoms with Crippen molar-refractivity contribution in [3.63, 3.8) is 0 Å². The van der Waals surface area contributed by atoms with Gasteiger partial charge in [0.15, 0.2) is 0 Å². The summed E-state index contributed by atoms with van der Waals surface area (Å²) in [6, 6.07) is 8.55. The Morgan fingerprint density at radius 1 is 1.11 bits per heavy atom. The fourth-order valence-corrected chi connectivity index (χ4v) is 4.14. The molecule has 1 aromatic heterocycles. The van der Waals surface area contributed by atoms with E-state index >= 15 is 0 Å². The Morgan fingerprint density at radius 3 is 2.79 bits per heavy atom. The molecule has 0 radical (unpaired) electrons. The lowest BCUT2D eigenvalue weighted by atomic mass is 9.99. The standard InChI is InChI=1S/C22H30N4O2/c1-2-10-28-20-6-5-19-14-26(9-7-18(19)11-20)22-12-21(23-16-24-22)25-8-3-4-17(13-25)15-27/h5-6,11-12,16-17,27H,2-4,7-10,13-15H2,1H3. The van der Waals surface area contributed by atoms with Crippen molar-refractivity contribution in [3.8, 4) is 5.75 Å². The predicted molar refractivity (Wildman–Crippen MR) is 111 cm³/mol. The van der Waals surface area contributed by atoms with Crippen molar-refractivity contribution in [1.29, 1.82) is 0 Å². The normalized spacial score (nSPS) is 19.4. The van der Waals surface area contributed by atoms with Crippen molar-refractivity contribution >= 4 is 11.6 Å². The van der Waals surface area contributed by atoms with E-state index in [0.29, 0.717) is 5.92 Å². The Morgan fingerprint density at radius 2 is 1.96 bits per heavy atom. The van der Waals surface area contributed by atoms with Gasteiger partial charge >= 0.3 is 0 Å². The van der Waals surface area contributed by atoms with Gasteiger partial charge in [-0.1, -0.05) is 13.0 Å². The first-order valence-corrected chi connectivity index (χ1v) is 10.4. The fourth-order valence-electron chi connectivity index (χ4n) is 4.14. The van der Waals surface area contributed by atoms with E-state index in [1.807, 2.05) is 0 Å². The van der Waals surface area contributed by atoms with E-state index in [4.69, 9.17) is 4.74 Å². The minimum absolute atomic E-state index is 0.251. The summed E-state index contributed by atoms with van der Waals surface area (Å²) in [7, 11) is 0. The molecule has 1 atom stereocenters. The summed E-state index contributed by atoms with van der Waals surface area (Å²) in [5, 5.41) is 9.50. The van der Waals surface area contributed by atoms with Crippen molar-refractivity contribution in [2.45, 2.75) is 39.2 Å². The second-order valence-corrected chi connectivity index (χ2v) is 7.82. The van der Waals surface area contributed by atoms with Crippen LogP contribution in [0.3, 0.4) is 0 Å². The highest BCUT2D eigenvalue weighted by Gasteiger charge is 2.23. The molecule has 0 saturated carbocycles. The molecule has 1 fully saturated rings. The van der Waals surface area contributed by atoms with Crippen molar-refractivity contribution in [2.24, 2.45) is 5.92 Å². The van der Waals surface area contributed by atoms with Gasteiger partial charge in [0, 0.05) is 38.9 Å². The molecule has 0 amide bonds. The molecule has 0 aliphatic carbocycles. The minimum atomic E-state index is 0.251. The highest BCUT2D eigenvalue weighted by atomic mass is 16.5. The number of hydrogen-bond acceptors (Lipinski definition) is 6. The second kappa shape index (κ2) is 8.78. The summed E-state index contributed by atoms with van der Waals surface area (Å²) < 4.78 is 5.78. The predicted octanol–water partition coefficient (Wildman–Crippen LogP) is 3.04. The van der Waals surface area contributed by atoms with Crippen LogP contribution >= 0.6 is 0 Å². The van der Waals surface area contributed by atoms with Crippen LogP contribution in [0.15, 0.2) is 30.6 Å². The van der Waals surface area contributed by atoms with E-state index in [0.717, 1.165) is 75.9 Å². The molecular formula is C22H30N4O2. The number of aliphatic hydroxyl groups excluding tert-OH is 1. The van der Waals surface area contributed by atoms with Crippen molar-refractivity contribution in [2.75, 3.05) is 42.6 Å². The van der Waals surface area contributed by atoms with Crippen LogP contribution < -0.4 is 14.5 Å². The molecule has 1 N–H and O–H groups in total. The summed E-state index contributed by atoms with van der Waals surface area (Å²) >= 11 is 0. The number of piperidine rings is 1. The van der Waals surface area contributed by atoms with Crippen LogP contribution in [0.5, 0.6) is 5.75 Å². The maximum Gasteiger partial charge on any atom is 0.134 e. The van der Waals surface area contributed by atoms with E-state index in [2.05, 4.69) is 51.0 Å². The Balaban J connectivity index is 1.47. The molecular weight excluding hydrogens is 352 g/mol. The van der Waals surface area contributed by atoms with Crippen LogP contribution in [0.4, 0.5) is 11.6 Å². The molecule has 6 nitrogen and oxygen atoms in total. The number of hydrogen-bond donors (Lipinski definition) is 1. The van der Waals surface area contributed by atoms with Crippen LogP contribution in [0.25, 0.3) is 0 Å². The zero-order chi connectivity index (χ0) is 19.3. The lowest BCUT2D eigenvalue weighted by Gasteiger charge is -2.34. The molecule has 0 bridgehead atoms. The summed E-state index contributed by atoms with van der Waals surface area (Å²) in [5.74, 6) is 3.27. The number of ether oxygens (including phenoxy) is 1. The SMILES string of the molecule is CCCOc1ccc2c(c1)CCN(c1cc(N3CCCC(CO)C3)ncn1)C2. The minimum Gasteiger partial charge on any atom is -0.494 e. The second-order valence-electron chi connectivity index (χ2n) is 7.82. The molecule has 1 aromatic carbocycles. The highest BCUT2D eigenvalue weighted by Crippen LogP contribution is 2.28. The molecule has 4 rings (SSSR count). The number of aliphatic hydroxyl groups is 1. The third-order valence-electron chi connectivity index (χ3n) is 5.73. The van der Waals surface area contributed by atoms with Gasteiger partial charge in [-0.15, -0.1) is 0 Å². The van der Waals surface area contributed by atoms with Crippen LogP contribution in [0, 0.1) is 5.92 Å². The maximum absolute atomic E-state index is 9.50. The van der Waals surface area contributed by atoms with Gasteiger partial charge in [0.25, 0.3) is 0 Å². The number of benzene rings is 1. The zero-order valence-corrected chi connectivity index (χ0v) is 16.7. The topological polar surface area (TPSA) is 61.7 Å². The number of nitrogens with zero attached hydrogens (tertiary/aromatic N) is 4. The Hall–Kier alpha value is -2.34. The Kier molecular flexibility index (Phi) is 5.95. The fraction of sp³-hybridized carbons (Fsp3) is 0.545. The molecule has 6 heteroatoms. The van der Waals surface area contributed by atoms with Gasteiger partial charge in [-0.25, -0.2) is 9.97 Å². The first-order valence-electron chi connectivity index (χ1n) is 10.4. The van der Waals surface area contributed by atoms with Crippen LogP contribution in [0.1, 0.15) is 37.3 Å². The van der Waals surface area contributed by atoms with E-state index < -0.39 is 0 Å². The summed E-state index contributed by atoms with van der Waals surface area (Å²) in [4.78, 5) is 13.7. The molecule has 2 aromatic rings. The molecule has 3 heterocycles. The average molecular weight is 383 g/mol. The van der Waals surface area contributed by atoms with E-state index in [1.54, 1.807) is 6.33 Å². The third-order valence-corrected chi connectivity index (χ3v) is 5.73. The lowest BCUT2D eigenvalue weighted by Crippen LogP contribution is -2.37. The van der Waals surface area contributed by atoms with Crippen LogP contribution in [0.2, 0.25) is 0 Å². The van der Waals surface area contributed by atoms with Crippen molar-refractivity contribution in [1.82, 2.24) is 9.97 Å². The summed E-state index contributed by atoms with van der Waals surface area (Å²) in [5.41, 5.74) is 2.72. The van der Waals surface area contributed by atoms with Gasteiger partial charge in [0.1, 0.15) is 23.7 Å². The van der Waals surface area contributed by atoms with Crippen molar-refractivity contribution in [3.05, 3.63) is 41.7 Å². The van der Waals surface area contributed by atoms with E-state index in [1.165, 1.54) is 11.1 Å². The molecule has 2 aliphatic rings. The number of rotatable bonds is 6. The van der Waals surface area contributed by atoms with E-state index in [-0.39, 0.29) is 6.61 Å². The van der Waals surface area contributed by atoms with Crippen LogP contribution in [-0.4, -0.2) is 47.9 Å². The monoisotopic (exact) mass is 382 g/mol. The van der Waals surface area contributed by atoms with Gasteiger partial charge in [-0.3, -0.25) is 0 Å². The van der Waals surface area contributed by atoms with Gasteiger partial charge < -0.3 is 19.6 Å². The molecule has 0 spiro atoms. The zero-order valence-electron chi connectivity index (χ0n) is 16.7. The molecule has 1 unspecified atom stereocenters. The quantitative estimate of drug-likeness (QED) is 0.829. The third kappa shape index (κ3) is 4.22. The Bertz CT molecular complexity index is 798. The maximum atomic E-state index is 9.50. The van der Waals surface area contributed by atoms with Gasteiger partial charge in [-0.2, -0.15) is 0 Å². The van der Waals surface area contributed by atoms with Crippen LogP contribution in [-0.2, 0) is 13.0 Å². The summed E-state index contributed by atoms with van der Waals surface area (Å²) in [6.45, 7) is 6.81. The first-order chi connectivity index (χ1) is 13.8. The average Bonchev–Trinajstić information content (AvgIpc) is 2.77. The molecule has 2 aliphatic heterocycles. The number of aromatic nitrogens is 2. The first kappa shape index (κ1) is 19.0. The molecule has 1 saturated heterocycles. The largest absolute Gasteiger partial charge is 0.494 e. The smallest absolute Gasteiger partial charge is 0.134 e. The summed E-state index contributed by atoms with van der Waals surface area (Å²) in [6.07, 6.45) is 5.89. The van der Waals surface area contributed by atoms with Crippen molar-refractivity contribution < 1.29 is 9.84 Å². The van der Waals surface area contributed by atoms with Gasteiger partial charge in [0.2, 0.25) is 0 Å². The van der Waals surface area contributed by atoms with Gasteiger partial charge in [0.05, 0.1) is 6.61 Å². The number of anilines is 2. The lowest BCUT2D eigenvalue weighted by molar-refractivity contribution is 0.208. The number of fused-ring (bicyclic) bond motifs is 1. The highest BCUT2D eigenvalue weighted by molar-refractivity contribution is 5.52.